The molecule has 2 amide bonds. The second kappa shape index (κ2) is 14.5. The number of halogens is 1. The van der Waals surface area contributed by atoms with Crippen molar-refractivity contribution in [1.29, 1.82) is 0 Å². The number of nitrogens with two attached hydrogens (primary N) is 2. The van der Waals surface area contributed by atoms with Gasteiger partial charge in [-0.1, -0.05) is 0 Å². The summed E-state index contributed by atoms with van der Waals surface area (Å²) < 4.78 is 64.6. The van der Waals surface area contributed by atoms with Gasteiger partial charge >= 0.3 is 0 Å². The highest BCUT2D eigenvalue weighted by molar-refractivity contribution is 8.19. The predicted octanol–water partition coefficient (Wildman–Crippen LogP) is 0.854. The molecule has 4 aromatic rings. The standard InChI is InChI=1S/C27H30ClN9O12S2/c1-12-9-17(38)36(23(42)19(12)21(29)40)7-5-35(6-8-37-18(39)10-13(2)20(22(30)41)24(37)43)27-33-25(28)32-26(34-27)31-15-11-14(50(44,45)46)3-4-16(15)51(47,48)49/h3-4,9-11,42-46H,5-8H2,1-2H3,(H2,29,40)(H2,30,41)(H,47,48,49)(H,31,32,33,34). The molecule has 274 valence electrons. The number of nitrogens with zero attached hydrogens (tertiary/aromatic N) is 6. The Morgan fingerprint density at radius 1 is 0.843 bits per heavy atom. The van der Waals surface area contributed by atoms with Gasteiger partial charge in [-0.25, -0.2) is 0 Å². The van der Waals surface area contributed by atoms with Crippen LogP contribution in [0, 0.1) is 13.8 Å². The van der Waals surface area contributed by atoms with E-state index in [0.717, 1.165) is 39.5 Å². The number of carbonyl (C=O) groups is 2. The Labute approximate surface area is 293 Å². The van der Waals surface area contributed by atoms with E-state index < -0.39 is 82.4 Å². The summed E-state index contributed by atoms with van der Waals surface area (Å²) in [6.45, 7) is 1.38. The number of nitrogens with one attached hydrogen (secondary N) is 1. The first-order valence-corrected chi connectivity index (χ1v) is 17.4. The maximum absolute atomic E-state index is 12.8. The van der Waals surface area contributed by atoms with Gasteiger partial charge in [-0.3, -0.25) is 32.9 Å². The van der Waals surface area contributed by atoms with Crippen LogP contribution in [0.15, 0.2) is 49.7 Å². The number of hydrogen-bond acceptors (Lipinski definition) is 16. The topological polar surface area (TPSA) is 340 Å². The third-order valence-corrected chi connectivity index (χ3v) is 9.28. The number of pyridine rings is 2. The van der Waals surface area contributed by atoms with E-state index in [1.807, 2.05) is 0 Å². The van der Waals surface area contributed by atoms with Crippen molar-refractivity contribution in [2.24, 2.45) is 11.5 Å². The van der Waals surface area contributed by atoms with Gasteiger partial charge in [0, 0.05) is 38.3 Å². The summed E-state index contributed by atoms with van der Waals surface area (Å²) >= 11 is 6.17. The average Bonchev–Trinajstić information content (AvgIpc) is 2.97. The molecule has 11 N–H and O–H groups in total. The summed E-state index contributed by atoms with van der Waals surface area (Å²) in [5.41, 5.74) is 8.28. The van der Waals surface area contributed by atoms with Crippen LogP contribution in [-0.2, 0) is 23.2 Å². The molecular formula is C27H30ClN9O12S2. The summed E-state index contributed by atoms with van der Waals surface area (Å²) in [5, 5.41) is 23.4. The van der Waals surface area contributed by atoms with Gasteiger partial charge in [0.15, 0.2) is 0 Å². The first-order valence-electron chi connectivity index (χ1n) is 14.1. The van der Waals surface area contributed by atoms with Crippen LogP contribution in [0.2, 0.25) is 5.28 Å². The van der Waals surface area contributed by atoms with Crippen LogP contribution in [0.25, 0.3) is 0 Å². The molecule has 3 heterocycles. The molecule has 1 aromatic carbocycles. The van der Waals surface area contributed by atoms with E-state index in [-0.39, 0.29) is 54.4 Å². The van der Waals surface area contributed by atoms with Gasteiger partial charge in [-0.2, -0.15) is 23.4 Å². The van der Waals surface area contributed by atoms with Gasteiger partial charge in [-0.15, -0.1) is 0 Å². The van der Waals surface area contributed by atoms with Crippen LogP contribution in [0.1, 0.15) is 31.8 Å². The molecule has 3 aromatic heterocycles. The summed E-state index contributed by atoms with van der Waals surface area (Å²) in [5.74, 6) is -4.40. The van der Waals surface area contributed by atoms with E-state index in [1.54, 1.807) is 0 Å². The number of rotatable bonds is 13. The molecule has 0 atom stereocenters. The molecule has 0 saturated carbocycles. The molecule has 0 unspecified atom stereocenters. The molecule has 0 aliphatic carbocycles. The summed E-state index contributed by atoms with van der Waals surface area (Å²) in [6, 6.07) is 4.48. The van der Waals surface area contributed by atoms with E-state index >= 15 is 0 Å². The van der Waals surface area contributed by atoms with Gasteiger partial charge in [-0.05, 0) is 54.8 Å². The Morgan fingerprint density at radius 3 is 1.76 bits per heavy atom. The highest BCUT2D eigenvalue weighted by Gasteiger charge is 2.25. The van der Waals surface area contributed by atoms with Crippen molar-refractivity contribution >= 4 is 62.0 Å². The summed E-state index contributed by atoms with van der Waals surface area (Å²) in [6.07, 6.45) is 0. The third-order valence-electron chi connectivity index (χ3n) is 7.31. The summed E-state index contributed by atoms with van der Waals surface area (Å²) in [4.78, 5) is 61.6. The van der Waals surface area contributed by atoms with Crippen LogP contribution in [0.5, 0.6) is 11.8 Å². The highest BCUT2D eigenvalue weighted by Crippen LogP contribution is 2.45. The number of aromatic hydroxyl groups is 2. The smallest absolute Gasteiger partial charge is 0.296 e. The molecule has 0 radical (unpaired) electrons. The van der Waals surface area contributed by atoms with Crippen LogP contribution >= 0.6 is 22.5 Å². The van der Waals surface area contributed by atoms with E-state index in [9.17, 15) is 56.0 Å². The Morgan fingerprint density at radius 2 is 1.33 bits per heavy atom. The monoisotopic (exact) mass is 771 g/mol. The lowest BCUT2D eigenvalue weighted by atomic mass is 10.1. The zero-order valence-corrected chi connectivity index (χ0v) is 28.8. The van der Waals surface area contributed by atoms with Crippen molar-refractivity contribution in [3.05, 3.63) is 78.6 Å². The lowest BCUT2D eigenvalue weighted by molar-refractivity contribution is 0.0986. The molecule has 4 rings (SSSR count). The van der Waals surface area contributed by atoms with Crippen LogP contribution in [0.3, 0.4) is 0 Å². The number of carbonyl (C=O) groups excluding carboxylic acids is 2. The number of amides is 2. The van der Waals surface area contributed by atoms with Crippen molar-refractivity contribution in [3.63, 3.8) is 0 Å². The first-order chi connectivity index (χ1) is 23.6. The fourth-order valence-electron chi connectivity index (χ4n) is 4.96. The number of hydrogen-bond donors (Lipinski definition) is 9. The van der Waals surface area contributed by atoms with Crippen molar-refractivity contribution in [3.8, 4) is 11.8 Å². The second-order valence-corrected chi connectivity index (χ2v) is 14.0. The Bertz CT molecular complexity index is 2210. The van der Waals surface area contributed by atoms with E-state index in [1.165, 1.54) is 18.7 Å². The fraction of sp³-hybridized carbons (Fsp3) is 0.222. The molecule has 21 nitrogen and oxygen atoms in total. The molecule has 0 fully saturated rings. The number of anilines is 3. The molecule has 51 heavy (non-hydrogen) atoms. The zero-order chi connectivity index (χ0) is 38.2. The Hall–Kier alpha value is -5.30. The van der Waals surface area contributed by atoms with Crippen molar-refractivity contribution in [2.75, 3.05) is 23.3 Å². The minimum absolute atomic E-state index is 0.105. The molecule has 0 aliphatic rings. The number of aromatic nitrogens is 5. The van der Waals surface area contributed by atoms with Crippen LogP contribution < -0.4 is 32.8 Å². The van der Waals surface area contributed by atoms with Gasteiger partial charge < -0.3 is 45.6 Å². The Balaban J connectivity index is 1.82. The van der Waals surface area contributed by atoms with E-state index in [0.29, 0.717) is 0 Å². The molecule has 0 bridgehead atoms. The van der Waals surface area contributed by atoms with Gasteiger partial charge in [0.2, 0.25) is 28.9 Å². The van der Waals surface area contributed by atoms with Crippen molar-refractivity contribution in [2.45, 2.75) is 36.7 Å². The maximum atomic E-state index is 12.8. The zero-order valence-electron chi connectivity index (χ0n) is 26.4. The fourth-order valence-corrected chi connectivity index (χ4v) is 6.27. The van der Waals surface area contributed by atoms with Gasteiger partial charge in [0.1, 0.15) is 26.9 Å². The lowest BCUT2D eigenvalue weighted by Crippen LogP contribution is -2.37. The van der Waals surface area contributed by atoms with Gasteiger partial charge in [0.25, 0.3) is 33.1 Å². The molecule has 24 heteroatoms. The molecule has 0 spiro atoms. The Kier molecular flexibility index (Phi) is 11.0. The first kappa shape index (κ1) is 38.5. The predicted molar refractivity (Wildman–Crippen MR) is 182 cm³/mol. The normalized spacial score (nSPS) is 12.1. The van der Waals surface area contributed by atoms with E-state index in [4.69, 9.17) is 23.1 Å². The average molecular weight is 772 g/mol. The molecule has 0 saturated heterocycles. The summed E-state index contributed by atoms with van der Waals surface area (Å²) in [7, 11) is -9.34. The minimum atomic E-state index is -4.96. The molecular weight excluding hydrogens is 742 g/mol. The van der Waals surface area contributed by atoms with Crippen molar-refractivity contribution in [1.82, 2.24) is 24.1 Å². The minimum Gasteiger partial charge on any atom is -0.494 e. The van der Waals surface area contributed by atoms with Crippen LogP contribution in [0.4, 0.5) is 17.6 Å². The lowest BCUT2D eigenvalue weighted by Gasteiger charge is -2.25. The third kappa shape index (κ3) is 8.54. The maximum Gasteiger partial charge on any atom is 0.296 e. The highest BCUT2D eigenvalue weighted by atomic mass is 35.5. The molecule has 0 aliphatic heterocycles. The quantitative estimate of drug-likeness (QED) is 0.0851. The van der Waals surface area contributed by atoms with Crippen LogP contribution in [-0.4, -0.2) is 85.8 Å². The SMILES string of the molecule is Cc1cc(=O)n(CCN(CCn2c(O)c(C(N)=O)c(C)cc2=O)c2nc(Cl)nc(Nc3cc(S(O)(O)O)ccc3S(=O)(=O)O)n2)c(O)c1C(N)=O. The number of primary amides is 2. The van der Waals surface area contributed by atoms with Gasteiger partial charge in [0.05, 0.1) is 10.6 Å². The number of benzene rings is 1. The second-order valence-electron chi connectivity index (χ2n) is 10.8. The number of aryl methyl sites for hydroxylation is 2. The largest absolute Gasteiger partial charge is 0.494 e. The van der Waals surface area contributed by atoms with E-state index in [2.05, 4.69) is 20.3 Å². The van der Waals surface area contributed by atoms with Crippen molar-refractivity contribution < 1.29 is 46.4 Å².